The Morgan fingerprint density at radius 2 is 1.21 bits per heavy atom. The first-order valence-corrected chi connectivity index (χ1v) is 13.0. The fourth-order valence-electron chi connectivity index (χ4n) is 3.25. The molecule has 0 radical (unpaired) electrons. The molecule has 0 saturated carbocycles. The highest BCUT2D eigenvalue weighted by Crippen LogP contribution is 2.12. The van der Waals surface area contributed by atoms with E-state index in [0.717, 1.165) is 0 Å². The number of hydrogen-bond donors (Lipinski definition) is 5. The molecule has 0 aliphatic rings. The van der Waals surface area contributed by atoms with Gasteiger partial charge >= 0.3 is 11.9 Å². The third-order valence-corrected chi connectivity index (χ3v) is 5.65. The Hall–Kier alpha value is -3.18. The van der Waals surface area contributed by atoms with Crippen molar-refractivity contribution in [1.29, 1.82) is 0 Å². The zero-order valence-electron chi connectivity index (χ0n) is 24.1. The average molecular weight is 543 g/mol. The minimum absolute atomic E-state index is 0.143. The number of rotatable bonds is 15. The molecule has 4 unspecified atom stereocenters. The van der Waals surface area contributed by atoms with Crippen LogP contribution in [-0.2, 0) is 33.5 Å². The van der Waals surface area contributed by atoms with Crippen LogP contribution in [0.3, 0.4) is 0 Å². The lowest BCUT2D eigenvalue weighted by molar-refractivity contribution is -0.155. The van der Waals surface area contributed by atoms with Gasteiger partial charge in [0.15, 0.2) is 0 Å². The third-order valence-electron chi connectivity index (χ3n) is 5.65. The molecule has 12 heteroatoms. The van der Waals surface area contributed by atoms with E-state index in [-0.39, 0.29) is 43.0 Å². The van der Waals surface area contributed by atoms with Gasteiger partial charge in [-0.1, -0.05) is 27.7 Å². The SMILES string of the molecule is CC(=O)NC(CCC(=O)O)C(=O)NC(CCC(=O)OC(C)(C)C)C(=O)NC(C(=O)NC(C)C(C)C)C(C)C. The highest BCUT2D eigenvalue weighted by molar-refractivity contribution is 5.94. The molecule has 0 fully saturated rings. The monoisotopic (exact) mass is 542 g/mol. The first-order valence-electron chi connectivity index (χ1n) is 13.0. The Labute approximate surface area is 225 Å². The van der Waals surface area contributed by atoms with Gasteiger partial charge in [-0.25, -0.2) is 0 Å². The van der Waals surface area contributed by atoms with Crippen LogP contribution in [0.4, 0.5) is 0 Å². The molecule has 5 N–H and O–H groups in total. The van der Waals surface area contributed by atoms with E-state index >= 15 is 0 Å². The van der Waals surface area contributed by atoms with Gasteiger partial charge in [0.2, 0.25) is 23.6 Å². The highest BCUT2D eigenvalue weighted by atomic mass is 16.6. The van der Waals surface area contributed by atoms with E-state index < -0.39 is 59.8 Å². The van der Waals surface area contributed by atoms with E-state index in [9.17, 15) is 28.8 Å². The summed E-state index contributed by atoms with van der Waals surface area (Å²) in [7, 11) is 0. The number of carboxylic acid groups (broad SMARTS) is 1. The molecule has 12 nitrogen and oxygen atoms in total. The summed E-state index contributed by atoms with van der Waals surface area (Å²) >= 11 is 0. The maximum absolute atomic E-state index is 13.3. The summed E-state index contributed by atoms with van der Waals surface area (Å²) in [5.41, 5.74) is -0.751. The maximum Gasteiger partial charge on any atom is 0.306 e. The molecular formula is C26H46N4O8. The van der Waals surface area contributed by atoms with Crippen LogP contribution in [0.25, 0.3) is 0 Å². The van der Waals surface area contributed by atoms with Crippen molar-refractivity contribution in [2.75, 3.05) is 0 Å². The molecule has 38 heavy (non-hydrogen) atoms. The molecule has 0 aromatic carbocycles. The number of ether oxygens (including phenoxy) is 1. The predicted molar refractivity (Wildman–Crippen MR) is 141 cm³/mol. The van der Waals surface area contributed by atoms with Crippen molar-refractivity contribution >= 4 is 35.6 Å². The average Bonchev–Trinajstić information content (AvgIpc) is 2.75. The Kier molecular flexibility index (Phi) is 14.6. The molecule has 0 aliphatic heterocycles. The number of carboxylic acids is 1. The van der Waals surface area contributed by atoms with Crippen molar-refractivity contribution in [3.8, 4) is 0 Å². The largest absolute Gasteiger partial charge is 0.481 e. The van der Waals surface area contributed by atoms with Crippen molar-refractivity contribution < 1.29 is 38.6 Å². The zero-order valence-corrected chi connectivity index (χ0v) is 24.1. The zero-order chi connectivity index (χ0) is 29.8. The molecule has 218 valence electrons. The van der Waals surface area contributed by atoms with Crippen LogP contribution in [-0.4, -0.2) is 70.4 Å². The van der Waals surface area contributed by atoms with Gasteiger partial charge in [-0.05, 0) is 52.4 Å². The topological polar surface area (TPSA) is 180 Å². The molecule has 4 amide bonds. The maximum atomic E-state index is 13.3. The second-order valence-electron chi connectivity index (χ2n) is 11.1. The van der Waals surface area contributed by atoms with Crippen molar-refractivity contribution in [2.24, 2.45) is 11.8 Å². The second-order valence-corrected chi connectivity index (χ2v) is 11.1. The van der Waals surface area contributed by atoms with Gasteiger partial charge in [-0.3, -0.25) is 28.8 Å². The van der Waals surface area contributed by atoms with Crippen molar-refractivity contribution in [2.45, 2.75) is 118 Å². The smallest absolute Gasteiger partial charge is 0.306 e. The Balaban J connectivity index is 5.83. The van der Waals surface area contributed by atoms with Crippen molar-refractivity contribution in [1.82, 2.24) is 21.3 Å². The summed E-state index contributed by atoms with van der Waals surface area (Å²) < 4.78 is 5.29. The van der Waals surface area contributed by atoms with E-state index in [1.165, 1.54) is 6.92 Å². The molecule has 0 bridgehead atoms. The Morgan fingerprint density at radius 1 is 0.711 bits per heavy atom. The molecule has 4 atom stereocenters. The second kappa shape index (κ2) is 15.9. The molecule has 0 heterocycles. The molecule has 0 rings (SSSR count). The standard InChI is InChI=1S/C26H46N4O8/c1-14(2)16(5)27-25(37)22(15(3)4)30-24(36)19(11-13-21(34)38-26(7,8)9)29-23(35)18(28-17(6)31)10-12-20(32)33/h14-16,18-19,22H,10-13H2,1-9H3,(H,27,37)(H,28,31)(H,29,35)(H,30,36)(H,32,33). The summed E-state index contributed by atoms with van der Waals surface area (Å²) in [5, 5.41) is 19.4. The summed E-state index contributed by atoms with van der Waals surface area (Å²) in [4.78, 5) is 74.0. The molecule has 0 saturated heterocycles. The van der Waals surface area contributed by atoms with Gasteiger partial charge in [0.25, 0.3) is 0 Å². The minimum Gasteiger partial charge on any atom is -0.481 e. The summed E-state index contributed by atoms with van der Waals surface area (Å²) in [6.45, 7) is 15.5. The number of hydrogen-bond acceptors (Lipinski definition) is 7. The molecule has 0 aromatic heterocycles. The van der Waals surface area contributed by atoms with Crippen LogP contribution in [0.5, 0.6) is 0 Å². The van der Waals surface area contributed by atoms with Gasteiger partial charge in [0.1, 0.15) is 23.7 Å². The highest BCUT2D eigenvalue weighted by Gasteiger charge is 2.32. The van der Waals surface area contributed by atoms with Crippen LogP contribution in [0, 0.1) is 11.8 Å². The van der Waals surface area contributed by atoms with Crippen molar-refractivity contribution in [3.05, 3.63) is 0 Å². The van der Waals surface area contributed by atoms with Crippen LogP contribution in [0.1, 0.15) is 88.0 Å². The number of esters is 1. The van der Waals surface area contributed by atoms with Crippen molar-refractivity contribution in [3.63, 3.8) is 0 Å². The summed E-state index contributed by atoms with van der Waals surface area (Å²) in [6.07, 6.45) is -0.951. The van der Waals surface area contributed by atoms with Gasteiger partial charge < -0.3 is 31.1 Å². The van der Waals surface area contributed by atoms with Crippen LogP contribution in [0.2, 0.25) is 0 Å². The molecule has 0 aromatic rings. The van der Waals surface area contributed by atoms with Crippen LogP contribution < -0.4 is 21.3 Å². The molecular weight excluding hydrogens is 496 g/mol. The van der Waals surface area contributed by atoms with E-state index in [2.05, 4.69) is 21.3 Å². The van der Waals surface area contributed by atoms with Gasteiger partial charge in [-0.15, -0.1) is 0 Å². The van der Waals surface area contributed by atoms with Crippen LogP contribution in [0.15, 0.2) is 0 Å². The Bertz CT molecular complexity index is 851. The lowest BCUT2D eigenvalue weighted by Gasteiger charge is -2.28. The normalized spacial score (nSPS) is 14.6. The first kappa shape index (κ1) is 34.8. The van der Waals surface area contributed by atoms with E-state index in [1.54, 1.807) is 34.6 Å². The number of amides is 4. The number of carbonyl (C=O) groups is 6. The van der Waals surface area contributed by atoms with E-state index in [4.69, 9.17) is 9.84 Å². The summed E-state index contributed by atoms with van der Waals surface area (Å²) in [6, 6.07) is -3.53. The molecule has 0 spiro atoms. The van der Waals surface area contributed by atoms with Gasteiger partial charge in [0, 0.05) is 25.8 Å². The van der Waals surface area contributed by atoms with Crippen LogP contribution >= 0.6 is 0 Å². The quantitative estimate of drug-likeness (QED) is 0.192. The fourth-order valence-corrected chi connectivity index (χ4v) is 3.25. The van der Waals surface area contributed by atoms with E-state index in [0.29, 0.717) is 0 Å². The predicted octanol–water partition coefficient (Wildman–Crippen LogP) is 1.26. The third kappa shape index (κ3) is 14.5. The lowest BCUT2D eigenvalue weighted by atomic mass is 10.00. The minimum atomic E-state index is -1.26. The first-order chi connectivity index (χ1) is 17.3. The number of aliphatic carboxylic acids is 1. The lowest BCUT2D eigenvalue weighted by Crippen LogP contribution is -2.58. The van der Waals surface area contributed by atoms with Gasteiger partial charge in [0.05, 0.1) is 0 Å². The molecule has 0 aliphatic carbocycles. The van der Waals surface area contributed by atoms with Gasteiger partial charge in [-0.2, -0.15) is 0 Å². The fraction of sp³-hybridized carbons (Fsp3) is 0.769. The van der Waals surface area contributed by atoms with E-state index in [1.807, 2.05) is 20.8 Å². The number of nitrogens with one attached hydrogen (secondary N) is 4. The Morgan fingerprint density at radius 3 is 1.66 bits per heavy atom. The number of carbonyl (C=O) groups excluding carboxylic acids is 5. The summed E-state index contributed by atoms with van der Waals surface area (Å²) in [5.74, 6) is -4.29.